The van der Waals surface area contributed by atoms with E-state index in [1.165, 1.54) is 23.0 Å². The van der Waals surface area contributed by atoms with Crippen molar-refractivity contribution in [3.8, 4) is 5.75 Å². The van der Waals surface area contributed by atoms with E-state index in [2.05, 4.69) is 10.3 Å². The molecule has 1 amide bonds. The van der Waals surface area contributed by atoms with Gasteiger partial charge in [-0.25, -0.2) is 4.98 Å². The molecule has 1 N–H and O–H groups in total. The van der Waals surface area contributed by atoms with Crippen molar-refractivity contribution in [2.24, 2.45) is 0 Å². The molecule has 1 aliphatic heterocycles. The van der Waals surface area contributed by atoms with Crippen molar-refractivity contribution in [3.63, 3.8) is 0 Å². The first-order valence-electron chi connectivity index (χ1n) is 7.52. The molecule has 1 aliphatic rings. The second-order valence-corrected chi connectivity index (χ2v) is 6.70. The second-order valence-electron chi connectivity index (χ2n) is 5.47. The Morgan fingerprint density at radius 1 is 1.50 bits per heavy atom. The van der Waals surface area contributed by atoms with E-state index >= 15 is 0 Å². The van der Waals surface area contributed by atoms with Crippen LogP contribution in [0.25, 0.3) is 11.0 Å². The third-order valence-electron chi connectivity index (χ3n) is 3.86. The van der Waals surface area contributed by atoms with Crippen molar-refractivity contribution in [3.05, 3.63) is 58.3 Å². The molecule has 5 nitrogen and oxygen atoms in total. The van der Waals surface area contributed by atoms with Gasteiger partial charge in [0.05, 0.1) is 12.2 Å². The fourth-order valence-electron chi connectivity index (χ4n) is 2.72. The van der Waals surface area contributed by atoms with Crippen molar-refractivity contribution in [2.75, 3.05) is 6.54 Å². The van der Waals surface area contributed by atoms with Crippen LogP contribution in [0.4, 0.5) is 0 Å². The number of imidazole rings is 1. The Labute approximate surface area is 147 Å². The van der Waals surface area contributed by atoms with Gasteiger partial charge in [0.2, 0.25) is 5.91 Å². The predicted molar refractivity (Wildman–Crippen MR) is 94.7 cm³/mol. The average Bonchev–Trinajstić information content (AvgIpc) is 3.25. The average molecular weight is 360 g/mol. The number of para-hydroxylation sites is 1. The zero-order valence-electron chi connectivity index (χ0n) is 12.6. The van der Waals surface area contributed by atoms with E-state index in [-0.39, 0.29) is 12.0 Å². The van der Waals surface area contributed by atoms with Gasteiger partial charge in [0.15, 0.2) is 10.1 Å². The fraction of sp³-hybridized carbons (Fsp3) is 0.176. The van der Waals surface area contributed by atoms with Crippen molar-refractivity contribution < 1.29 is 9.53 Å². The van der Waals surface area contributed by atoms with Gasteiger partial charge in [-0.3, -0.25) is 9.20 Å². The van der Waals surface area contributed by atoms with Crippen LogP contribution in [0.2, 0.25) is 5.15 Å². The highest BCUT2D eigenvalue weighted by molar-refractivity contribution is 7.15. The standard InChI is InChI=1S/C17H14ClN3O2S/c18-16-13(21-7-8-24-17(21)20-16)5-6-15(22)19-10-12-9-11-3-1-2-4-14(11)23-12/h1-8,12H,9-10H2,(H,19,22). The SMILES string of the molecule is O=C(C=Cc1c(Cl)nc2sccn12)NCC1Cc2ccccc2O1. The molecule has 4 rings (SSSR count). The van der Waals surface area contributed by atoms with Crippen molar-refractivity contribution in [1.82, 2.24) is 14.7 Å². The van der Waals surface area contributed by atoms with Gasteiger partial charge in [-0.15, -0.1) is 11.3 Å². The zero-order valence-corrected chi connectivity index (χ0v) is 14.2. The van der Waals surface area contributed by atoms with E-state index in [4.69, 9.17) is 16.3 Å². The van der Waals surface area contributed by atoms with Crippen molar-refractivity contribution >= 4 is 39.9 Å². The third-order valence-corrected chi connectivity index (χ3v) is 4.90. The molecule has 2 aromatic heterocycles. The first kappa shape index (κ1) is 15.2. The van der Waals surface area contributed by atoms with Crippen LogP contribution in [-0.4, -0.2) is 27.9 Å². The highest BCUT2D eigenvalue weighted by Gasteiger charge is 2.22. The summed E-state index contributed by atoms with van der Waals surface area (Å²) in [6, 6.07) is 7.94. The van der Waals surface area contributed by atoms with Crippen LogP contribution < -0.4 is 10.1 Å². The second kappa shape index (κ2) is 6.30. The summed E-state index contributed by atoms with van der Waals surface area (Å²) >= 11 is 7.59. The number of hydrogen-bond donors (Lipinski definition) is 1. The summed E-state index contributed by atoms with van der Waals surface area (Å²) < 4.78 is 7.66. The van der Waals surface area contributed by atoms with E-state index in [1.54, 1.807) is 6.08 Å². The Hall–Kier alpha value is -2.31. The third kappa shape index (κ3) is 2.90. The van der Waals surface area contributed by atoms with E-state index in [0.717, 1.165) is 17.1 Å². The Morgan fingerprint density at radius 3 is 3.25 bits per heavy atom. The quantitative estimate of drug-likeness (QED) is 0.728. The number of halogens is 1. The highest BCUT2D eigenvalue weighted by atomic mass is 35.5. The first-order chi connectivity index (χ1) is 11.7. The van der Waals surface area contributed by atoms with Crippen LogP contribution in [0.1, 0.15) is 11.3 Å². The fourth-order valence-corrected chi connectivity index (χ4v) is 3.73. The number of aromatic nitrogens is 2. The number of thiazole rings is 1. The van der Waals surface area contributed by atoms with Crippen LogP contribution in [0.15, 0.2) is 41.9 Å². The van der Waals surface area contributed by atoms with Gasteiger partial charge >= 0.3 is 0 Å². The van der Waals surface area contributed by atoms with E-state index in [1.807, 2.05) is 40.2 Å². The predicted octanol–water partition coefficient (Wildman–Crippen LogP) is 3.18. The molecule has 0 spiro atoms. The van der Waals surface area contributed by atoms with Crippen molar-refractivity contribution in [1.29, 1.82) is 0 Å². The van der Waals surface area contributed by atoms with E-state index < -0.39 is 0 Å². The Balaban J connectivity index is 1.36. The summed E-state index contributed by atoms with van der Waals surface area (Å²) in [7, 11) is 0. The minimum atomic E-state index is -0.184. The van der Waals surface area contributed by atoms with E-state index in [0.29, 0.717) is 17.4 Å². The van der Waals surface area contributed by atoms with Crippen LogP contribution in [-0.2, 0) is 11.2 Å². The Kier molecular flexibility index (Phi) is 4.00. The van der Waals surface area contributed by atoms with Crippen molar-refractivity contribution in [2.45, 2.75) is 12.5 Å². The normalized spacial score (nSPS) is 16.5. The maximum atomic E-state index is 12.0. The molecule has 0 bridgehead atoms. The maximum Gasteiger partial charge on any atom is 0.244 e. The lowest BCUT2D eigenvalue weighted by Gasteiger charge is -2.10. The van der Waals surface area contributed by atoms with Gasteiger partial charge in [-0.1, -0.05) is 29.8 Å². The monoisotopic (exact) mass is 359 g/mol. The first-order valence-corrected chi connectivity index (χ1v) is 8.78. The molecule has 3 aromatic rings. The van der Waals surface area contributed by atoms with Gasteiger partial charge in [-0.05, 0) is 17.7 Å². The van der Waals surface area contributed by atoms with Gasteiger partial charge in [-0.2, -0.15) is 0 Å². The van der Waals surface area contributed by atoms with E-state index in [9.17, 15) is 4.79 Å². The van der Waals surface area contributed by atoms with Crippen LogP contribution in [0, 0.1) is 0 Å². The van der Waals surface area contributed by atoms with Gasteiger partial charge in [0.1, 0.15) is 11.9 Å². The number of carbonyl (C=O) groups is 1. The number of amides is 1. The van der Waals surface area contributed by atoms with Gasteiger partial charge in [0, 0.05) is 24.1 Å². The number of nitrogens with zero attached hydrogens (tertiary/aromatic N) is 2. The molecule has 0 saturated heterocycles. The maximum absolute atomic E-state index is 12.0. The molecular formula is C17H14ClN3O2S. The number of hydrogen-bond acceptors (Lipinski definition) is 4. The summed E-state index contributed by atoms with van der Waals surface area (Å²) in [5.74, 6) is 0.717. The minimum Gasteiger partial charge on any atom is -0.488 e. The largest absolute Gasteiger partial charge is 0.488 e. The lowest BCUT2D eigenvalue weighted by molar-refractivity contribution is -0.116. The molecule has 3 heterocycles. The molecule has 0 fully saturated rings. The summed E-state index contributed by atoms with van der Waals surface area (Å²) in [4.78, 5) is 17.1. The molecule has 0 aliphatic carbocycles. The molecule has 7 heteroatoms. The minimum absolute atomic E-state index is 0.0260. The zero-order chi connectivity index (χ0) is 16.5. The topological polar surface area (TPSA) is 55.6 Å². The lowest BCUT2D eigenvalue weighted by Crippen LogP contribution is -2.33. The highest BCUT2D eigenvalue weighted by Crippen LogP contribution is 2.27. The Bertz CT molecular complexity index is 906. The van der Waals surface area contributed by atoms with Gasteiger partial charge in [0.25, 0.3) is 0 Å². The lowest BCUT2D eigenvalue weighted by atomic mass is 10.1. The molecular weight excluding hydrogens is 346 g/mol. The molecule has 0 radical (unpaired) electrons. The Morgan fingerprint density at radius 2 is 2.38 bits per heavy atom. The molecule has 24 heavy (non-hydrogen) atoms. The van der Waals surface area contributed by atoms with Crippen LogP contribution in [0.3, 0.4) is 0 Å². The smallest absolute Gasteiger partial charge is 0.244 e. The molecule has 1 atom stereocenters. The number of benzene rings is 1. The summed E-state index contributed by atoms with van der Waals surface area (Å²) in [6.07, 6.45) is 5.80. The number of fused-ring (bicyclic) bond motifs is 2. The summed E-state index contributed by atoms with van der Waals surface area (Å²) in [5.41, 5.74) is 1.88. The van der Waals surface area contributed by atoms with Crippen LogP contribution >= 0.6 is 22.9 Å². The molecule has 122 valence electrons. The number of ether oxygens (including phenoxy) is 1. The molecule has 0 saturated carbocycles. The summed E-state index contributed by atoms with van der Waals surface area (Å²) in [5, 5.41) is 5.17. The molecule has 1 unspecified atom stereocenters. The summed E-state index contributed by atoms with van der Waals surface area (Å²) in [6.45, 7) is 0.464. The number of nitrogens with one attached hydrogen (secondary N) is 1. The number of rotatable bonds is 4. The molecule has 1 aromatic carbocycles. The van der Waals surface area contributed by atoms with Gasteiger partial charge < -0.3 is 10.1 Å². The van der Waals surface area contributed by atoms with Crippen LogP contribution in [0.5, 0.6) is 5.75 Å². The number of carbonyl (C=O) groups excluding carboxylic acids is 1.